The van der Waals surface area contributed by atoms with Crippen LogP contribution in [-0.2, 0) is 45.4 Å². The predicted octanol–water partition coefficient (Wildman–Crippen LogP) is 3.87. The Hall–Kier alpha value is -4.46. The minimum atomic E-state index is -0.340. The lowest BCUT2D eigenvalue weighted by molar-refractivity contribution is -0.146. The van der Waals surface area contributed by atoms with Crippen molar-refractivity contribution in [1.82, 2.24) is 19.1 Å². The number of benzene rings is 3. The maximum Gasteiger partial charge on any atom is 0.326 e. The van der Waals surface area contributed by atoms with Gasteiger partial charge in [0.2, 0.25) is 0 Å². The first-order valence-electron chi connectivity index (χ1n) is 10.8. The highest BCUT2D eigenvalue weighted by Gasteiger charge is 2.10. The molecule has 0 fully saturated rings. The van der Waals surface area contributed by atoms with Crippen molar-refractivity contribution >= 4 is 34.0 Å². The molecule has 0 saturated carbocycles. The van der Waals surface area contributed by atoms with Crippen LogP contribution in [0.1, 0.15) is 11.1 Å². The summed E-state index contributed by atoms with van der Waals surface area (Å²) < 4.78 is 14.3. The number of para-hydroxylation sites is 4. The summed E-state index contributed by atoms with van der Waals surface area (Å²) in [4.78, 5) is 33.1. The van der Waals surface area contributed by atoms with E-state index in [4.69, 9.17) is 9.47 Å². The number of imidazole rings is 2. The summed E-state index contributed by atoms with van der Waals surface area (Å²) in [6, 6.07) is 22.7. The second-order valence-corrected chi connectivity index (χ2v) is 7.86. The zero-order valence-corrected chi connectivity index (χ0v) is 18.3. The van der Waals surface area contributed by atoms with Gasteiger partial charge in [-0.25, -0.2) is 9.97 Å². The molecule has 34 heavy (non-hydrogen) atoms. The van der Waals surface area contributed by atoms with Crippen molar-refractivity contribution in [3.8, 4) is 0 Å². The first-order chi connectivity index (χ1) is 16.7. The fraction of sp³-hybridized carbons (Fsp3) is 0.154. The normalized spacial score (nSPS) is 11.1. The topological polar surface area (TPSA) is 88.2 Å². The molecule has 0 N–H and O–H groups in total. The quantitative estimate of drug-likeness (QED) is 0.331. The van der Waals surface area contributed by atoms with Gasteiger partial charge in [0.15, 0.2) is 0 Å². The Labute approximate surface area is 195 Å². The van der Waals surface area contributed by atoms with E-state index >= 15 is 0 Å². The monoisotopic (exact) mass is 454 g/mol. The van der Waals surface area contributed by atoms with Crippen molar-refractivity contribution in [2.24, 2.45) is 0 Å². The number of ether oxygens (including phenoxy) is 2. The third kappa shape index (κ3) is 4.80. The summed E-state index contributed by atoms with van der Waals surface area (Å²) >= 11 is 0. The van der Waals surface area contributed by atoms with E-state index in [-0.39, 0.29) is 38.2 Å². The Balaban J connectivity index is 1.09. The Bertz CT molecular complexity index is 1340. The zero-order chi connectivity index (χ0) is 23.3. The minimum absolute atomic E-state index is 0.0980. The summed E-state index contributed by atoms with van der Waals surface area (Å²) in [6.45, 7) is 0.528. The van der Waals surface area contributed by atoms with E-state index in [9.17, 15) is 9.59 Å². The number of rotatable bonds is 8. The van der Waals surface area contributed by atoms with Gasteiger partial charge in [-0.1, -0.05) is 48.5 Å². The molecule has 8 nitrogen and oxygen atoms in total. The van der Waals surface area contributed by atoms with Crippen molar-refractivity contribution in [3.05, 3.63) is 96.6 Å². The number of carbonyl (C=O) groups is 2. The molecule has 5 rings (SSSR count). The standard InChI is InChI=1S/C26H22N4O4/c31-25(13-29-17-27-21-5-1-3-7-23(21)29)33-15-19-9-11-20(12-10-19)16-34-26(32)14-30-18-28-22-6-2-4-8-24(22)30/h1-12,17-18H,13-16H2. The second kappa shape index (κ2) is 9.58. The van der Waals surface area contributed by atoms with E-state index in [1.165, 1.54) is 0 Å². The van der Waals surface area contributed by atoms with E-state index in [0.717, 1.165) is 33.2 Å². The van der Waals surface area contributed by atoms with E-state index in [1.54, 1.807) is 21.8 Å². The molecule has 2 aromatic heterocycles. The van der Waals surface area contributed by atoms with Crippen molar-refractivity contribution in [2.45, 2.75) is 26.3 Å². The highest BCUT2D eigenvalue weighted by Crippen LogP contribution is 2.14. The molecule has 0 radical (unpaired) electrons. The number of carbonyl (C=O) groups excluding carboxylic acids is 2. The van der Waals surface area contributed by atoms with E-state index in [0.29, 0.717) is 0 Å². The first kappa shape index (κ1) is 21.4. The van der Waals surface area contributed by atoms with E-state index in [2.05, 4.69) is 9.97 Å². The van der Waals surface area contributed by atoms with Crippen LogP contribution in [0.2, 0.25) is 0 Å². The molecule has 0 spiro atoms. The smallest absolute Gasteiger partial charge is 0.326 e. The molecule has 0 aliphatic carbocycles. The predicted molar refractivity (Wildman–Crippen MR) is 126 cm³/mol. The van der Waals surface area contributed by atoms with Crippen LogP contribution in [0.15, 0.2) is 85.5 Å². The second-order valence-electron chi connectivity index (χ2n) is 7.86. The highest BCUT2D eigenvalue weighted by atomic mass is 16.5. The minimum Gasteiger partial charge on any atom is -0.459 e. The fourth-order valence-electron chi connectivity index (χ4n) is 3.70. The number of esters is 2. The molecule has 0 amide bonds. The van der Waals surface area contributed by atoms with Crippen LogP contribution in [0.25, 0.3) is 22.1 Å². The van der Waals surface area contributed by atoms with E-state index < -0.39 is 0 Å². The van der Waals surface area contributed by atoms with Gasteiger partial charge in [-0.05, 0) is 35.4 Å². The lowest BCUT2D eigenvalue weighted by atomic mass is 10.1. The Morgan fingerprint density at radius 3 is 1.47 bits per heavy atom. The molecule has 0 saturated heterocycles. The highest BCUT2D eigenvalue weighted by molar-refractivity contribution is 5.79. The molecule has 0 aliphatic rings. The van der Waals surface area contributed by atoms with Gasteiger partial charge < -0.3 is 18.6 Å². The van der Waals surface area contributed by atoms with Crippen LogP contribution >= 0.6 is 0 Å². The molecule has 0 aliphatic heterocycles. The molecule has 8 heteroatoms. The molecular weight excluding hydrogens is 432 g/mol. The van der Waals surface area contributed by atoms with Crippen LogP contribution in [0.3, 0.4) is 0 Å². The van der Waals surface area contributed by atoms with Gasteiger partial charge in [0.25, 0.3) is 0 Å². The van der Waals surface area contributed by atoms with Gasteiger partial charge in [0.1, 0.15) is 26.3 Å². The van der Waals surface area contributed by atoms with Crippen molar-refractivity contribution < 1.29 is 19.1 Å². The van der Waals surface area contributed by atoms with Crippen LogP contribution < -0.4 is 0 Å². The summed E-state index contributed by atoms with van der Waals surface area (Å²) in [7, 11) is 0. The maximum absolute atomic E-state index is 12.2. The van der Waals surface area contributed by atoms with Gasteiger partial charge in [0, 0.05) is 0 Å². The van der Waals surface area contributed by atoms with Gasteiger partial charge in [-0.15, -0.1) is 0 Å². The van der Waals surface area contributed by atoms with Gasteiger partial charge in [-0.3, -0.25) is 9.59 Å². The average Bonchev–Trinajstić information content (AvgIpc) is 3.46. The Morgan fingerprint density at radius 1 is 0.618 bits per heavy atom. The summed E-state index contributed by atoms with van der Waals surface area (Å²) in [6.07, 6.45) is 3.27. The maximum atomic E-state index is 12.2. The van der Waals surface area contributed by atoms with Crippen molar-refractivity contribution in [3.63, 3.8) is 0 Å². The number of hydrogen-bond donors (Lipinski definition) is 0. The van der Waals surface area contributed by atoms with Gasteiger partial charge >= 0.3 is 11.9 Å². The lowest BCUT2D eigenvalue weighted by Crippen LogP contribution is -2.13. The summed E-state index contributed by atoms with van der Waals surface area (Å²) in [5, 5.41) is 0. The van der Waals surface area contributed by atoms with Crippen LogP contribution in [0.5, 0.6) is 0 Å². The Morgan fingerprint density at radius 2 is 1.03 bits per heavy atom. The van der Waals surface area contributed by atoms with Crippen LogP contribution in [0, 0.1) is 0 Å². The molecule has 2 heterocycles. The molecule has 3 aromatic carbocycles. The largest absolute Gasteiger partial charge is 0.459 e. The number of hydrogen-bond acceptors (Lipinski definition) is 6. The SMILES string of the molecule is O=C(Cn1cnc2ccccc21)OCc1ccc(COC(=O)Cn2cnc3ccccc32)cc1. The van der Waals surface area contributed by atoms with Gasteiger partial charge in [-0.2, -0.15) is 0 Å². The number of fused-ring (bicyclic) bond motifs is 2. The molecule has 170 valence electrons. The van der Waals surface area contributed by atoms with Gasteiger partial charge in [0.05, 0.1) is 34.7 Å². The Kier molecular flexibility index (Phi) is 6.03. The first-order valence-corrected chi connectivity index (χ1v) is 10.8. The fourth-order valence-corrected chi connectivity index (χ4v) is 3.70. The number of aromatic nitrogens is 4. The van der Waals surface area contributed by atoms with Crippen molar-refractivity contribution in [1.29, 1.82) is 0 Å². The number of nitrogens with zero attached hydrogens (tertiary/aromatic N) is 4. The molecule has 0 bridgehead atoms. The van der Waals surface area contributed by atoms with Crippen LogP contribution in [0.4, 0.5) is 0 Å². The molecule has 0 atom stereocenters. The third-order valence-corrected chi connectivity index (χ3v) is 5.48. The summed E-state index contributed by atoms with van der Waals surface area (Å²) in [5.74, 6) is -0.679. The average molecular weight is 454 g/mol. The zero-order valence-electron chi connectivity index (χ0n) is 18.3. The van der Waals surface area contributed by atoms with Crippen LogP contribution in [-0.4, -0.2) is 31.0 Å². The molecular formula is C26H22N4O4. The van der Waals surface area contributed by atoms with Crippen molar-refractivity contribution in [2.75, 3.05) is 0 Å². The molecule has 0 unspecified atom stereocenters. The van der Waals surface area contributed by atoms with E-state index in [1.807, 2.05) is 72.8 Å². The molecule has 5 aromatic rings. The third-order valence-electron chi connectivity index (χ3n) is 5.48. The summed E-state index contributed by atoms with van der Waals surface area (Å²) in [5.41, 5.74) is 5.15. The lowest BCUT2D eigenvalue weighted by Gasteiger charge is -2.09.